The minimum absolute atomic E-state index is 0.103. The Labute approximate surface area is 148 Å². The minimum Gasteiger partial charge on any atom is -0.341 e. The van der Waals surface area contributed by atoms with E-state index in [1.807, 2.05) is 0 Å². The van der Waals surface area contributed by atoms with Crippen LogP contribution in [0.2, 0.25) is 0 Å². The van der Waals surface area contributed by atoms with Gasteiger partial charge in [-0.2, -0.15) is 0 Å². The smallest absolute Gasteiger partial charge is 0.267 e. The molecular formula is C19H19F4N3. The summed E-state index contributed by atoms with van der Waals surface area (Å²) in [5.41, 5.74) is 1.04. The van der Waals surface area contributed by atoms with Crippen LogP contribution in [0.1, 0.15) is 19.4 Å². The Morgan fingerprint density at radius 2 is 1.92 bits per heavy atom. The number of hydrogen-bond donors (Lipinski definition) is 1. The van der Waals surface area contributed by atoms with Crippen molar-refractivity contribution in [2.45, 2.75) is 33.2 Å². The molecule has 1 N–H and O–H groups in total. The quantitative estimate of drug-likeness (QED) is 0.592. The number of fused-ring (bicyclic) bond motifs is 1. The Morgan fingerprint density at radius 1 is 1.19 bits per heavy atom. The molecule has 0 bridgehead atoms. The Morgan fingerprint density at radius 3 is 2.58 bits per heavy atom. The largest absolute Gasteiger partial charge is 0.341 e. The fraction of sp³-hybridized carbons (Fsp3) is 0.316. The molecule has 1 aromatic carbocycles. The molecule has 0 fully saturated rings. The number of nitrogens with one attached hydrogen (secondary N) is 1. The van der Waals surface area contributed by atoms with Gasteiger partial charge in [0.25, 0.3) is 5.92 Å². The fourth-order valence-electron chi connectivity index (χ4n) is 2.75. The van der Waals surface area contributed by atoms with Gasteiger partial charge in [0.05, 0.1) is 17.7 Å². The van der Waals surface area contributed by atoms with E-state index >= 15 is 0 Å². The zero-order valence-electron chi connectivity index (χ0n) is 14.7. The van der Waals surface area contributed by atoms with Gasteiger partial charge in [-0.1, -0.05) is 13.8 Å². The molecule has 3 rings (SSSR count). The normalized spacial score (nSPS) is 12.2. The van der Waals surface area contributed by atoms with Crippen molar-refractivity contribution in [1.29, 1.82) is 0 Å². The van der Waals surface area contributed by atoms with Gasteiger partial charge in [0.1, 0.15) is 17.5 Å². The predicted octanol–water partition coefficient (Wildman–Crippen LogP) is 5.66. The Hall–Kier alpha value is -2.57. The van der Waals surface area contributed by atoms with E-state index in [9.17, 15) is 17.6 Å². The maximum Gasteiger partial charge on any atom is 0.267 e. The van der Waals surface area contributed by atoms with Crippen LogP contribution < -0.4 is 5.32 Å². The minimum atomic E-state index is -2.86. The van der Waals surface area contributed by atoms with Crippen molar-refractivity contribution < 1.29 is 17.6 Å². The van der Waals surface area contributed by atoms with Gasteiger partial charge in [-0.15, -0.1) is 0 Å². The van der Waals surface area contributed by atoms with Crippen molar-refractivity contribution in [3.05, 3.63) is 53.9 Å². The van der Waals surface area contributed by atoms with Gasteiger partial charge in [-0.3, -0.25) is 0 Å². The molecule has 0 unspecified atom stereocenters. The molecule has 0 aliphatic heterocycles. The van der Waals surface area contributed by atoms with Crippen LogP contribution in [0.4, 0.5) is 29.1 Å². The van der Waals surface area contributed by atoms with Crippen LogP contribution in [0.5, 0.6) is 0 Å². The number of alkyl halides is 2. The van der Waals surface area contributed by atoms with E-state index in [-0.39, 0.29) is 5.69 Å². The number of aryl methyl sites for hydroxylation is 1. The second-order valence-corrected chi connectivity index (χ2v) is 6.66. The van der Waals surface area contributed by atoms with E-state index in [0.29, 0.717) is 22.3 Å². The first-order valence-corrected chi connectivity index (χ1v) is 8.23. The van der Waals surface area contributed by atoms with Crippen LogP contribution >= 0.6 is 0 Å². The SMILES string of the molecule is Cc1cc(F)cc(F)c1Nc1nccc2c1ccn2CC(F)(F)C(C)C. The third-order valence-electron chi connectivity index (χ3n) is 4.42. The van der Waals surface area contributed by atoms with Crippen molar-refractivity contribution in [2.75, 3.05) is 5.32 Å². The summed E-state index contributed by atoms with van der Waals surface area (Å²) in [4.78, 5) is 4.18. The number of hydrogen-bond acceptors (Lipinski definition) is 2. The van der Waals surface area contributed by atoms with Crippen LogP contribution in [0.15, 0.2) is 36.7 Å². The van der Waals surface area contributed by atoms with E-state index in [1.165, 1.54) is 30.7 Å². The Bertz CT molecular complexity index is 924. The van der Waals surface area contributed by atoms with Gasteiger partial charge in [-0.25, -0.2) is 22.5 Å². The highest BCUT2D eigenvalue weighted by molar-refractivity contribution is 5.92. The third kappa shape index (κ3) is 3.38. The number of aromatic nitrogens is 2. The predicted molar refractivity (Wildman–Crippen MR) is 93.9 cm³/mol. The summed E-state index contributed by atoms with van der Waals surface area (Å²) in [6.45, 7) is 4.06. The van der Waals surface area contributed by atoms with Gasteiger partial charge in [-0.05, 0) is 30.7 Å². The molecule has 0 saturated carbocycles. The number of halogens is 4. The molecule has 0 atom stereocenters. The molecule has 0 spiro atoms. The highest BCUT2D eigenvalue weighted by atomic mass is 19.3. The maximum absolute atomic E-state index is 14.1. The fourth-order valence-corrected chi connectivity index (χ4v) is 2.75. The van der Waals surface area contributed by atoms with Crippen molar-refractivity contribution >= 4 is 22.4 Å². The molecule has 7 heteroatoms. The zero-order valence-corrected chi connectivity index (χ0v) is 14.7. The molecule has 138 valence electrons. The van der Waals surface area contributed by atoms with Crippen molar-refractivity contribution in [3.63, 3.8) is 0 Å². The zero-order chi connectivity index (χ0) is 19.1. The lowest BCUT2D eigenvalue weighted by Gasteiger charge is -2.21. The van der Waals surface area contributed by atoms with Crippen LogP contribution in [0, 0.1) is 24.5 Å². The van der Waals surface area contributed by atoms with E-state index in [1.54, 1.807) is 25.3 Å². The molecular weight excluding hydrogens is 346 g/mol. The van der Waals surface area contributed by atoms with Gasteiger partial charge < -0.3 is 9.88 Å². The van der Waals surface area contributed by atoms with Gasteiger partial charge in [0, 0.05) is 29.8 Å². The number of rotatable bonds is 5. The summed E-state index contributed by atoms with van der Waals surface area (Å²) in [5, 5.41) is 3.43. The van der Waals surface area contributed by atoms with E-state index < -0.39 is 30.0 Å². The van der Waals surface area contributed by atoms with Crippen LogP contribution in [0.25, 0.3) is 10.9 Å². The number of pyridine rings is 1. The van der Waals surface area contributed by atoms with Crippen molar-refractivity contribution in [3.8, 4) is 0 Å². The standard InChI is InChI=1S/C19H19F4N3/c1-11(2)19(22,23)10-26-7-5-14-16(26)4-6-24-18(14)25-17-12(3)8-13(20)9-15(17)21/h4-9,11H,10H2,1-3H3,(H,24,25). The highest BCUT2D eigenvalue weighted by Crippen LogP contribution is 2.32. The van der Waals surface area contributed by atoms with E-state index in [0.717, 1.165) is 6.07 Å². The second kappa shape index (κ2) is 6.63. The molecule has 0 radical (unpaired) electrons. The first-order valence-electron chi connectivity index (χ1n) is 8.23. The molecule has 3 aromatic rings. The maximum atomic E-state index is 14.1. The van der Waals surface area contributed by atoms with Crippen molar-refractivity contribution in [2.24, 2.45) is 5.92 Å². The molecule has 2 heterocycles. The molecule has 0 saturated heterocycles. The first-order chi connectivity index (χ1) is 12.2. The summed E-state index contributed by atoms with van der Waals surface area (Å²) in [6.07, 6.45) is 3.02. The highest BCUT2D eigenvalue weighted by Gasteiger charge is 2.34. The van der Waals surface area contributed by atoms with Gasteiger partial charge in [0.2, 0.25) is 0 Å². The summed E-state index contributed by atoms with van der Waals surface area (Å²) < 4.78 is 57.0. The molecule has 2 aromatic heterocycles. The molecule has 26 heavy (non-hydrogen) atoms. The summed E-state index contributed by atoms with van der Waals surface area (Å²) in [5.74, 6) is -4.74. The number of anilines is 2. The number of nitrogens with zero attached hydrogens (tertiary/aromatic N) is 2. The molecule has 0 amide bonds. The number of benzene rings is 1. The lowest BCUT2D eigenvalue weighted by molar-refractivity contribution is -0.0587. The summed E-state index contributed by atoms with van der Waals surface area (Å²) >= 11 is 0. The van der Waals surface area contributed by atoms with Crippen LogP contribution in [-0.2, 0) is 6.54 Å². The molecule has 3 nitrogen and oxygen atoms in total. The molecule has 0 aliphatic rings. The second-order valence-electron chi connectivity index (χ2n) is 6.66. The third-order valence-corrected chi connectivity index (χ3v) is 4.42. The molecule has 0 aliphatic carbocycles. The lowest BCUT2D eigenvalue weighted by atomic mass is 10.1. The Kier molecular flexibility index (Phi) is 4.64. The summed E-state index contributed by atoms with van der Waals surface area (Å²) in [7, 11) is 0. The van der Waals surface area contributed by atoms with Crippen molar-refractivity contribution in [1.82, 2.24) is 9.55 Å². The lowest BCUT2D eigenvalue weighted by Crippen LogP contribution is -2.29. The van der Waals surface area contributed by atoms with E-state index in [2.05, 4.69) is 10.3 Å². The average Bonchev–Trinajstić information content (AvgIpc) is 2.94. The van der Waals surface area contributed by atoms with Crippen LogP contribution in [-0.4, -0.2) is 15.5 Å². The first kappa shape index (κ1) is 18.2. The monoisotopic (exact) mass is 365 g/mol. The summed E-state index contributed by atoms with van der Waals surface area (Å²) in [6, 6.07) is 5.27. The van der Waals surface area contributed by atoms with Gasteiger partial charge in [0.15, 0.2) is 0 Å². The van der Waals surface area contributed by atoms with Gasteiger partial charge >= 0.3 is 0 Å². The van der Waals surface area contributed by atoms with E-state index in [4.69, 9.17) is 0 Å². The average molecular weight is 365 g/mol. The Balaban J connectivity index is 2.00. The topological polar surface area (TPSA) is 29.9 Å². The van der Waals surface area contributed by atoms with Crippen LogP contribution in [0.3, 0.4) is 0 Å².